The summed E-state index contributed by atoms with van der Waals surface area (Å²) in [7, 11) is 0. The molecule has 1 nitrogen and oxygen atoms in total. The van der Waals surface area contributed by atoms with Gasteiger partial charge in [0.05, 0.1) is 0 Å². The van der Waals surface area contributed by atoms with Crippen molar-refractivity contribution in [3.05, 3.63) is 29.8 Å². The number of benzene rings is 1. The molecule has 0 heterocycles. The van der Waals surface area contributed by atoms with E-state index < -0.39 is 21.1 Å². The molecule has 0 N–H and O–H groups in total. The van der Waals surface area contributed by atoms with Gasteiger partial charge in [-0.25, -0.2) is 0 Å². The second kappa shape index (κ2) is 5.46. The summed E-state index contributed by atoms with van der Waals surface area (Å²) in [5, 5.41) is 0. The van der Waals surface area contributed by atoms with E-state index in [2.05, 4.69) is 13.0 Å². The molecule has 0 fully saturated rings. The average Bonchev–Trinajstić information content (AvgIpc) is 2.15. The van der Waals surface area contributed by atoms with Crippen LogP contribution in [0.2, 0.25) is 0 Å². The summed E-state index contributed by atoms with van der Waals surface area (Å²) in [5.74, 6) is 0. The molecule has 0 aromatic heterocycles. The van der Waals surface area contributed by atoms with Gasteiger partial charge in [-0.05, 0) is 0 Å². The molecular weight excluding hydrogens is 255 g/mol. The Kier molecular flexibility index (Phi) is 4.51. The maximum atomic E-state index is 10.9. The van der Waals surface area contributed by atoms with Crippen molar-refractivity contribution in [1.82, 2.24) is 0 Å². The third-order valence-corrected chi connectivity index (χ3v) is 3.95. The molecule has 1 rings (SSSR count). The van der Waals surface area contributed by atoms with E-state index in [1.54, 1.807) is 0 Å². The maximum absolute atomic E-state index is 10.9. The molecule has 0 spiro atoms. The third-order valence-electron chi connectivity index (χ3n) is 1.93. The van der Waals surface area contributed by atoms with Gasteiger partial charge in [-0.2, -0.15) is 0 Å². The van der Waals surface area contributed by atoms with Crippen LogP contribution in [0.1, 0.15) is 25.3 Å². The number of aryl methyl sites for hydroxylation is 1. The van der Waals surface area contributed by atoms with Gasteiger partial charge in [0.2, 0.25) is 0 Å². The quantitative estimate of drug-likeness (QED) is 0.759. The second-order valence-corrected chi connectivity index (χ2v) is 4.98. The molecular formula is C10H13OSn. The number of rotatable bonds is 4. The van der Waals surface area contributed by atoms with E-state index in [4.69, 9.17) is 0 Å². The van der Waals surface area contributed by atoms with Crippen LogP contribution >= 0.6 is 0 Å². The van der Waals surface area contributed by atoms with Crippen molar-refractivity contribution in [3.63, 3.8) is 0 Å². The fourth-order valence-corrected chi connectivity index (χ4v) is 2.64. The van der Waals surface area contributed by atoms with E-state index in [-0.39, 0.29) is 0 Å². The van der Waals surface area contributed by atoms with E-state index in [1.807, 2.05) is 18.2 Å². The molecule has 1 aromatic carbocycles. The van der Waals surface area contributed by atoms with Crippen molar-refractivity contribution >= 4 is 24.7 Å². The van der Waals surface area contributed by atoms with Gasteiger partial charge in [-0.3, -0.25) is 0 Å². The molecule has 0 aliphatic carbocycles. The van der Waals surface area contributed by atoms with Gasteiger partial charge in [-0.1, -0.05) is 0 Å². The van der Waals surface area contributed by atoms with E-state index in [1.165, 1.54) is 18.4 Å². The Morgan fingerprint density at radius 1 is 1.33 bits per heavy atom. The first-order valence-corrected chi connectivity index (χ1v) is 6.93. The monoisotopic (exact) mass is 269 g/mol. The number of hydrogen-bond acceptors (Lipinski definition) is 1. The van der Waals surface area contributed by atoms with Crippen molar-refractivity contribution in [2.75, 3.05) is 0 Å². The predicted octanol–water partition coefficient (Wildman–Crippen LogP) is 1.70. The minimum absolute atomic E-state index is 1.09. The first-order chi connectivity index (χ1) is 5.88. The molecule has 1 aromatic rings. The van der Waals surface area contributed by atoms with Gasteiger partial charge in [0, 0.05) is 0 Å². The molecule has 1 radical (unpaired) electrons. The SMILES string of the molecule is CCCCc1cccc[c]1[Sn]=[O]. The van der Waals surface area contributed by atoms with Crippen LogP contribution in [0.25, 0.3) is 0 Å². The zero-order chi connectivity index (χ0) is 8.81. The van der Waals surface area contributed by atoms with Crippen molar-refractivity contribution in [3.8, 4) is 0 Å². The van der Waals surface area contributed by atoms with Crippen molar-refractivity contribution in [2.24, 2.45) is 0 Å². The molecule has 12 heavy (non-hydrogen) atoms. The molecule has 0 unspecified atom stereocenters. The second-order valence-electron chi connectivity index (χ2n) is 2.86. The summed E-state index contributed by atoms with van der Waals surface area (Å²) in [5.41, 5.74) is 1.31. The Balaban J connectivity index is 2.75. The van der Waals surface area contributed by atoms with Gasteiger partial charge >= 0.3 is 83.8 Å². The summed E-state index contributed by atoms with van der Waals surface area (Å²) >= 11 is -1.47. The Hall–Kier alpha value is -0.181. The average molecular weight is 268 g/mol. The van der Waals surface area contributed by atoms with Crippen LogP contribution < -0.4 is 3.58 Å². The van der Waals surface area contributed by atoms with Crippen LogP contribution in [-0.4, -0.2) is 21.1 Å². The molecule has 0 saturated heterocycles. The Labute approximate surface area is 83.8 Å². The minimum atomic E-state index is -1.47. The summed E-state index contributed by atoms with van der Waals surface area (Å²) in [6.45, 7) is 2.18. The topological polar surface area (TPSA) is 17.1 Å². The normalized spacial score (nSPS) is 9.75. The zero-order valence-electron chi connectivity index (χ0n) is 7.34. The third kappa shape index (κ3) is 2.70. The van der Waals surface area contributed by atoms with Gasteiger partial charge < -0.3 is 0 Å². The molecule has 2 heteroatoms. The molecule has 0 atom stereocenters. The molecule has 0 aliphatic heterocycles. The standard InChI is InChI=1S/C10H13.O.Sn/c1-2-3-7-10-8-5-4-6-9-10;;/h4-6,8H,2-3,7H2,1H3;;. The Morgan fingerprint density at radius 2 is 2.08 bits per heavy atom. The molecule has 63 valence electrons. The van der Waals surface area contributed by atoms with Crippen LogP contribution in [0, 0.1) is 0 Å². The Morgan fingerprint density at radius 3 is 2.75 bits per heavy atom. The van der Waals surface area contributed by atoms with Crippen LogP contribution in [0.5, 0.6) is 0 Å². The van der Waals surface area contributed by atoms with Gasteiger partial charge in [-0.15, -0.1) is 0 Å². The first-order valence-electron chi connectivity index (χ1n) is 4.34. The number of unbranched alkanes of at least 4 members (excludes halogenated alkanes) is 1. The molecule has 0 aliphatic rings. The van der Waals surface area contributed by atoms with Crippen molar-refractivity contribution in [1.29, 1.82) is 0 Å². The summed E-state index contributed by atoms with van der Waals surface area (Å²) in [4.78, 5) is 0. The van der Waals surface area contributed by atoms with E-state index >= 15 is 0 Å². The summed E-state index contributed by atoms with van der Waals surface area (Å²) in [6.07, 6.45) is 3.50. The molecule has 0 saturated carbocycles. The van der Waals surface area contributed by atoms with Crippen LogP contribution in [-0.2, 0) is 9.50 Å². The van der Waals surface area contributed by atoms with Crippen molar-refractivity contribution < 1.29 is 3.08 Å². The van der Waals surface area contributed by atoms with Gasteiger partial charge in [0.1, 0.15) is 0 Å². The first kappa shape index (κ1) is 9.90. The zero-order valence-corrected chi connectivity index (χ0v) is 10.2. The summed E-state index contributed by atoms with van der Waals surface area (Å²) in [6, 6.07) is 8.11. The van der Waals surface area contributed by atoms with E-state index in [0.717, 1.165) is 10.0 Å². The van der Waals surface area contributed by atoms with Crippen LogP contribution in [0.15, 0.2) is 24.3 Å². The fraction of sp³-hybridized carbons (Fsp3) is 0.400. The fourth-order valence-electron chi connectivity index (χ4n) is 1.21. The van der Waals surface area contributed by atoms with Crippen molar-refractivity contribution in [2.45, 2.75) is 26.2 Å². The van der Waals surface area contributed by atoms with Crippen LogP contribution in [0.3, 0.4) is 0 Å². The molecule has 0 amide bonds. The predicted molar refractivity (Wildman–Crippen MR) is 51.1 cm³/mol. The number of hydrogen-bond donors (Lipinski definition) is 0. The Bertz CT molecular complexity index is 258. The van der Waals surface area contributed by atoms with E-state index in [0.29, 0.717) is 0 Å². The summed E-state index contributed by atoms with van der Waals surface area (Å²) < 4.78 is 12.0. The van der Waals surface area contributed by atoms with E-state index in [9.17, 15) is 3.08 Å². The van der Waals surface area contributed by atoms with Gasteiger partial charge in [0.25, 0.3) is 0 Å². The van der Waals surface area contributed by atoms with Gasteiger partial charge in [0.15, 0.2) is 0 Å². The molecule has 0 bridgehead atoms. The van der Waals surface area contributed by atoms with Crippen LogP contribution in [0.4, 0.5) is 0 Å².